The number of rotatable bonds is 3. The summed E-state index contributed by atoms with van der Waals surface area (Å²) in [6.07, 6.45) is -1.83. The first-order valence-electron chi connectivity index (χ1n) is 3.31. The fourth-order valence-corrected chi connectivity index (χ4v) is 0.407. The highest BCUT2D eigenvalue weighted by Crippen LogP contribution is 2.05. The van der Waals surface area contributed by atoms with Crippen molar-refractivity contribution in [1.29, 1.82) is 0 Å². The molecule has 0 amide bonds. The van der Waals surface area contributed by atoms with Crippen LogP contribution in [0.2, 0.25) is 0 Å². The summed E-state index contributed by atoms with van der Waals surface area (Å²) < 4.78 is 9.93. The largest absolute Gasteiger partial charge is 0.503 e. The fourth-order valence-electron chi connectivity index (χ4n) is 0.407. The highest BCUT2D eigenvalue weighted by Gasteiger charge is 2.14. The van der Waals surface area contributed by atoms with Crippen molar-refractivity contribution in [3.05, 3.63) is 0 Å². The van der Waals surface area contributed by atoms with E-state index in [2.05, 4.69) is 0 Å². The molecule has 2 N–H and O–H groups in total. The molecule has 0 unspecified atom stereocenters. The van der Waals surface area contributed by atoms with Gasteiger partial charge >= 0.3 is 6.16 Å². The van der Waals surface area contributed by atoms with Crippen molar-refractivity contribution in [2.75, 3.05) is 20.8 Å². The van der Waals surface area contributed by atoms with E-state index in [0.717, 1.165) is 0 Å². The summed E-state index contributed by atoms with van der Waals surface area (Å²) in [6.45, 7) is 4.61. The first-order chi connectivity index (χ1) is 5.35. The molecule has 0 heterocycles. The molecule has 0 fully saturated rings. The quantitative estimate of drug-likeness (QED) is 0.684. The molecule has 5 nitrogen and oxygen atoms in total. The van der Waals surface area contributed by atoms with E-state index in [1.165, 1.54) is 0 Å². The number of carboxylic acid groups (broad SMARTS) is 2. The minimum Gasteiger partial charge on any atom is -0.450 e. The summed E-state index contributed by atoms with van der Waals surface area (Å²) >= 11 is 0. The zero-order valence-corrected chi connectivity index (χ0v) is 7.83. The van der Waals surface area contributed by atoms with Gasteiger partial charge in [-0.05, 0) is 13.8 Å². The Morgan fingerprint density at radius 3 is 1.75 bits per heavy atom. The van der Waals surface area contributed by atoms with E-state index < -0.39 is 6.16 Å². The van der Waals surface area contributed by atoms with Crippen molar-refractivity contribution in [1.82, 2.24) is 0 Å². The maximum atomic E-state index is 8.56. The Kier molecular flexibility index (Phi) is 7.88. The lowest BCUT2D eigenvalue weighted by Gasteiger charge is -2.20. The summed E-state index contributed by atoms with van der Waals surface area (Å²) in [5.41, 5.74) is -0.130. The molecule has 0 atom stereocenters. The van der Waals surface area contributed by atoms with Crippen molar-refractivity contribution in [3.63, 3.8) is 0 Å². The Morgan fingerprint density at radius 1 is 1.33 bits per heavy atom. The predicted octanol–water partition coefficient (Wildman–Crippen LogP) is 1.28. The topological polar surface area (TPSA) is 76.0 Å². The summed E-state index contributed by atoms with van der Waals surface area (Å²) in [5, 5.41) is 13.9. The van der Waals surface area contributed by atoms with Crippen molar-refractivity contribution in [3.8, 4) is 0 Å². The number of methoxy groups -OCH3 is 2. The second kappa shape index (κ2) is 6.87. The van der Waals surface area contributed by atoms with Crippen molar-refractivity contribution >= 4 is 6.16 Å². The van der Waals surface area contributed by atoms with Crippen LogP contribution < -0.4 is 0 Å². The molecular weight excluding hydrogens is 164 g/mol. The van der Waals surface area contributed by atoms with Gasteiger partial charge in [0.2, 0.25) is 0 Å². The molecule has 0 radical (unpaired) electrons. The van der Waals surface area contributed by atoms with Gasteiger partial charge in [0, 0.05) is 14.2 Å². The summed E-state index contributed by atoms with van der Waals surface area (Å²) in [7, 11) is 3.35. The Bertz CT molecular complexity index is 117. The number of hydrogen-bond acceptors (Lipinski definition) is 3. The van der Waals surface area contributed by atoms with Gasteiger partial charge in [0.05, 0.1) is 12.2 Å². The second-order valence-electron chi connectivity index (χ2n) is 2.68. The van der Waals surface area contributed by atoms with Crippen LogP contribution in [0.1, 0.15) is 13.8 Å². The van der Waals surface area contributed by atoms with Crippen molar-refractivity contribution in [2.45, 2.75) is 19.4 Å². The highest BCUT2D eigenvalue weighted by molar-refractivity contribution is 5.53. The molecule has 5 heteroatoms. The molecule has 0 rings (SSSR count). The normalized spacial score (nSPS) is 10.0. The summed E-state index contributed by atoms with van der Waals surface area (Å²) in [5.74, 6) is 0. The van der Waals surface area contributed by atoms with Gasteiger partial charge in [0.25, 0.3) is 0 Å². The standard InChI is InChI=1S/C6H14O2.CH2O3/c1-6(2,8-4)5-7-3;2-1(3)4/h5H2,1-4H3;(H2,2,3,4). The maximum Gasteiger partial charge on any atom is 0.503 e. The third kappa shape index (κ3) is 16.1. The van der Waals surface area contributed by atoms with Gasteiger partial charge in [0.1, 0.15) is 0 Å². The number of hydrogen-bond donors (Lipinski definition) is 2. The van der Waals surface area contributed by atoms with E-state index in [1.54, 1.807) is 14.2 Å². The monoisotopic (exact) mass is 180 g/mol. The Morgan fingerprint density at radius 2 is 1.67 bits per heavy atom. The molecule has 0 aliphatic carbocycles. The number of ether oxygens (including phenoxy) is 2. The first kappa shape index (κ1) is 13.8. The van der Waals surface area contributed by atoms with Gasteiger partial charge in [-0.25, -0.2) is 4.79 Å². The summed E-state index contributed by atoms with van der Waals surface area (Å²) in [6, 6.07) is 0. The van der Waals surface area contributed by atoms with Crippen LogP contribution in [0.5, 0.6) is 0 Å². The Labute approximate surface area is 71.9 Å². The lowest BCUT2D eigenvalue weighted by molar-refractivity contribution is -0.0370. The molecule has 0 spiro atoms. The predicted molar refractivity (Wildman–Crippen MR) is 43.6 cm³/mol. The third-order valence-corrected chi connectivity index (χ3v) is 1.04. The van der Waals surface area contributed by atoms with Gasteiger partial charge in [-0.1, -0.05) is 0 Å². The fraction of sp³-hybridized carbons (Fsp3) is 0.857. The van der Waals surface area contributed by atoms with Gasteiger partial charge in [-0.2, -0.15) is 0 Å². The minimum absolute atomic E-state index is 0.130. The first-order valence-corrected chi connectivity index (χ1v) is 3.31. The van der Waals surface area contributed by atoms with Crippen molar-refractivity contribution in [2.24, 2.45) is 0 Å². The molecule has 0 bridgehead atoms. The Balaban J connectivity index is 0. The molecule has 0 aromatic rings. The van der Waals surface area contributed by atoms with Crippen molar-refractivity contribution < 1.29 is 24.5 Å². The smallest absolute Gasteiger partial charge is 0.450 e. The molecule has 0 aromatic carbocycles. The van der Waals surface area contributed by atoms with Crippen LogP contribution in [0.4, 0.5) is 4.79 Å². The summed E-state index contributed by atoms with van der Waals surface area (Å²) in [4.78, 5) is 8.56. The number of carbonyl (C=O) groups is 1. The van der Waals surface area contributed by atoms with E-state index in [1.807, 2.05) is 13.8 Å². The van der Waals surface area contributed by atoms with Crippen LogP contribution in [0.3, 0.4) is 0 Å². The molecular formula is C7H16O5. The molecule has 12 heavy (non-hydrogen) atoms. The maximum absolute atomic E-state index is 8.56. The van der Waals surface area contributed by atoms with E-state index in [0.29, 0.717) is 6.61 Å². The van der Waals surface area contributed by atoms with E-state index >= 15 is 0 Å². The molecule has 0 saturated heterocycles. The average Bonchev–Trinajstić information content (AvgIpc) is 1.86. The van der Waals surface area contributed by atoms with E-state index in [9.17, 15) is 0 Å². The van der Waals surface area contributed by atoms with E-state index in [4.69, 9.17) is 24.5 Å². The molecule has 0 aliphatic heterocycles. The minimum atomic E-state index is -1.83. The highest BCUT2D eigenvalue weighted by atomic mass is 16.6. The van der Waals surface area contributed by atoms with Crippen LogP contribution in [0.15, 0.2) is 0 Å². The lowest BCUT2D eigenvalue weighted by atomic mass is 10.2. The molecule has 0 aromatic heterocycles. The third-order valence-electron chi connectivity index (χ3n) is 1.04. The van der Waals surface area contributed by atoms with E-state index in [-0.39, 0.29) is 5.60 Å². The van der Waals surface area contributed by atoms with Crippen LogP contribution in [0.25, 0.3) is 0 Å². The van der Waals surface area contributed by atoms with Crippen LogP contribution in [-0.2, 0) is 9.47 Å². The zero-order valence-electron chi connectivity index (χ0n) is 7.83. The molecule has 0 aliphatic rings. The van der Waals surface area contributed by atoms with Crippen LogP contribution >= 0.6 is 0 Å². The second-order valence-corrected chi connectivity index (χ2v) is 2.68. The molecule has 74 valence electrons. The Hall–Kier alpha value is -0.810. The SMILES string of the molecule is COCC(C)(C)OC.O=C(O)O. The molecule has 0 saturated carbocycles. The zero-order chi connectivity index (χ0) is 10.2. The van der Waals surface area contributed by atoms with Gasteiger partial charge in [-0.3, -0.25) is 0 Å². The van der Waals surface area contributed by atoms with Crippen LogP contribution in [0, 0.1) is 0 Å². The lowest BCUT2D eigenvalue weighted by Crippen LogP contribution is -2.28. The van der Waals surface area contributed by atoms with Crippen LogP contribution in [-0.4, -0.2) is 42.8 Å². The average molecular weight is 180 g/mol. The van der Waals surface area contributed by atoms with Gasteiger partial charge in [0.15, 0.2) is 0 Å². The van der Waals surface area contributed by atoms with Gasteiger partial charge in [-0.15, -0.1) is 0 Å². The van der Waals surface area contributed by atoms with Gasteiger partial charge < -0.3 is 19.7 Å².